The van der Waals surface area contributed by atoms with Crippen LogP contribution in [0, 0.1) is 5.82 Å². The maximum atomic E-state index is 13.5. The van der Waals surface area contributed by atoms with Gasteiger partial charge in [0.25, 0.3) is 10.9 Å². The fraction of sp³-hybridized carbons (Fsp3) is 0.167. The first kappa shape index (κ1) is 15.1. The van der Waals surface area contributed by atoms with Crippen molar-refractivity contribution in [3.05, 3.63) is 55.6 Å². The second-order valence-corrected chi connectivity index (χ2v) is 3.93. The van der Waals surface area contributed by atoms with Crippen molar-refractivity contribution in [2.45, 2.75) is 13.1 Å². The highest BCUT2D eigenvalue weighted by molar-refractivity contribution is 5.85. The molecule has 0 bridgehead atoms. The Morgan fingerprint density at radius 3 is 2.47 bits per heavy atom. The topological polar surface area (TPSA) is 98.2 Å². The summed E-state index contributed by atoms with van der Waals surface area (Å²) < 4.78 is 13.5. The third-order valence-electron chi connectivity index (χ3n) is 2.75. The van der Waals surface area contributed by atoms with E-state index in [-0.39, 0.29) is 30.3 Å². The van der Waals surface area contributed by atoms with Crippen LogP contribution >= 0.6 is 12.4 Å². The van der Waals surface area contributed by atoms with Crippen LogP contribution in [0.4, 0.5) is 15.8 Å². The molecule has 0 saturated carbocycles. The smallest absolute Gasteiger partial charge is 0.253 e. The van der Waals surface area contributed by atoms with Crippen molar-refractivity contribution in [2.24, 2.45) is 5.73 Å². The number of benzene rings is 1. The van der Waals surface area contributed by atoms with Crippen LogP contribution in [0.1, 0.15) is 11.1 Å². The molecular weight excluding hydrogens is 273 g/mol. The largest absolute Gasteiger partial charge is 0.394 e. The quantitative estimate of drug-likeness (QED) is 0.711. The molecule has 0 fully saturated rings. The normalized spacial score (nSPS) is 10.2. The molecule has 0 saturated heterocycles. The molecule has 0 aliphatic carbocycles. The van der Waals surface area contributed by atoms with E-state index in [1.807, 2.05) is 0 Å². The summed E-state index contributed by atoms with van der Waals surface area (Å²) in [5, 5.41) is 2.66. The summed E-state index contributed by atoms with van der Waals surface area (Å²) in [5.74, 6) is -0.406. The van der Waals surface area contributed by atoms with Gasteiger partial charge in [0.1, 0.15) is 17.2 Å². The van der Waals surface area contributed by atoms with Crippen LogP contribution in [0.15, 0.2) is 27.8 Å². The van der Waals surface area contributed by atoms with Gasteiger partial charge in [0.15, 0.2) is 0 Å². The van der Waals surface area contributed by atoms with Crippen molar-refractivity contribution in [1.82, 2.24) is 0 Å². The monoisotopic (exact) mass is 285 g/mol. The first-order chi connectivity index (χ1) is 8.54. The summed E-state index contributed by atoms with van der Waals surface area (Å²) in [6.45, 7) is 0.379. The standard InChI is InChI=1S/C12H12FN3O2.ClH/c13-8-2-1-6(4-14)3-7(8)5-16-10-9(15)11(17)12(10)18;/h1-3,16H,4-5,14-15H2;1H. The highest BCUT2D eigenvalue weighted by atomic mass is 35.5. The second kappa shape index (κ2) is 5.81. The predicted molar refractivity (Wildman–Crippen MR) is 74.6 cm³/mol. The van der Waals surface area contributed by atoms with Crippen molar-refractivity contribution >= 4 is 23.8 Å². The number of hydrogen-bond donors (Lipinski definition) is 3. The van der Waals surface area contributed by atoms with E-state index in [1.54, 1.807) is 12.1 Å². The number of nitrogens with two attached hydrogens (primary N) is 2. The van der Waals surface area contributed by atoms with E-state index in [2.05, 4.69) is 5.32 Å². The molecule has 0 aromatic heterocycles. The van der Waals surface area contributed by atoms with Crippen molar-refractivity contribution < 1.29 is 4.39 Å². The fourth-order valence-corrected chi connectivity index (χ4v) is 1.66. The lowest BCUT2D eigenvalue weighted by Crippen LogP contribution is -2.37. The first-order valence-corrected chi connectivity index (χ1v) is 5.34. The summed E-state index contributed by atoms with van der Waals surface area (Å²) >= 11 is 0. The van der Waals surface area contributed by atoms with Gasteiger partial charge in [-0.3, -0.25) is 9.59 Å². The molecule has 5 nitrogen and oxygen atoms in total. The number of rotatable bonds is 4. The van der Waals surface area contributed by atoms with Crippen LogP contribution in [-0.2, 0) is 13.1 Å². The number of hydrogen-bond acceptors (Lipinski definition) is 5. The summed E-state index contributed by atoms with van der Waals surface area (Å²) in [6.07, 6.45) is 0. The number of nitrogen functional groups attached to an aromatic ring is 1. The Balaban J connectivity index is 0.00000180. The third-order valence-corrected chi connectivity index (χ3v) is 2.75. The lowest BCUT2D eigenvalue weighted by molar-refractivity contribution is 0.612. The molecular formula is C12H13ClFN3O2. The highest BCUT2D eigenvalue weighted by Gasteiger charge is 2.17. The Morgan fingerprint density at radius 1 is 1.21 bits per heavy atom. The van der Waals surface area contributed by atoms with Gasteiger partial charge in [-0.2, -0.15) is 0 Å². The van der Waals surface area contributed by atoms with Crippen LogP contribution in [-0.4, -0.2) is 0 Å². The Labute approximate surface area is 114 Å². The van der Waals surface area contributed by atoms with Gasteiger partial charge >= 0.3 is 0 Å². The molecule has 0 unspecified atom stereocenters. The highest BCUT2D eigenvalue weighted by Crippen LogP contribution is 2.14. The molecule has 0 radical (unpaired) electrons. The number of anilines is 2. The zero-order valence-electron chi connectivity index (χ0n) is 9.90. The molecule has 19 heavy (non-hydrogen) atoms. The van der Waals surface area contributed by atoms with Crippen LogP contribution in [0.3, 0.4) is 0 Å². The molecule has 0 atom stereocenters. The molecule has 0 heterocycles. The molecule has 2 aromatic carbocycles. The van der Waals surface area contributed by atoms with Crippen molar-refractivity contribution in [3.63, 3.8) is 0 Å². The third kappa shape index (κ3) is 2.74. The van der Waals surface area contributed by atoms with Gasteiger partial charge in [0.2, 0.25) is 0 Å². The van der Waals surface area contributed by atoms with Crippen LogP contribution in [0.25, 0.3) is 0 Å². The molecule has 0 aliphatic rings. The second-order valence-electron chi connectivity index (χ2n) is 3.93. The molecule has 0 aliphatic heterocycles. The van der Waals surface area contributed by atoms with E-state index in [4.69, 9.17) is 11.5 Å². The number of nitrogens with one attached hydrogen (secondary N) is 1. The van der Waals surface area contributed by atoms with Crippen LogP contribution in [0.2, 0.25) is 0 Å². The van der Waals surface area contributed by atoms with Gasteiger partial charge in [-0.1, -0.05) is 6.07 Å². The van der Waals surface area contributed by atoms with Crippen molar-refractivity contribution in [3.8, 4) is 0 Å². The van der Waals surface area contributed by atoms with E-state index in [1.165, 1.54) is 6.07 Å². The van der Waals surface area contributed by atoms with Gasteiger partial charge in [-0.25, -0.2) is 4.39 Å². The molecule has 102 valence electrons. The summed E-state index contributed by atoms with van der Waals surface area (Å²) in [6, 6.07) is 4.50. The minimum Gasteiger partial charge on any atom is -0.394 e. The average Bonchev–Trinajstić information content (AvgIpc) is 2.40. The van der Waals surface area contributed by atoms with E-state index >= 15 is 0 Å². The average molecular weight is 286 g/mol. The number of halogens is 2. The van der Waals surface area contributed by atoms with Crippen LogP contribution in [0.5, 0.6) is 0 Å². The van der Waals surface area contributed by atoms with Gasteiger partial charge in [-0.05, 0) is 17.7 Å². The predicted octanol–water partition coefficient (Wildman–Crippen LogP) is 0.497. The Hall–Kier alpha value is -1.92. The molecule has 7 heteroatoms. The molecule has 2 rings (SSSR count). The van der Waals surface area contributed by atoms with E-state index in [9.17, 15) is 14.0 Å². The molecule has 2 aromatic rings. The lowest BCUT2D eigenvalue weighted by atomic mass is 10.1. The summed E-state index contributed by atoms with van der Waals surface area (Å²) in [7, 11) is 0. The Morgan fingerprint density at radius 2 is 1.89 bits per heavy atom. The van der Waals surface area contributed by atoms with Gasteiger partial charge in [-0.15, -0.1) is 12.4 Å². The first-order valence-electron chi connectivity index (χ1n) is 5.34. The molecule has 0 amide bonds. The van der Waals surface area contributed by atoms with E-state index in [0.717, 1.165) is 5.56 Å². The van der Waals surface area contributed by atoms with E-state index < -0.39 is 16.7 Å². The van der Waals surface area contributed by atoms with Gasteiger partial charge in [0.05, 0.1) is 0 Å². The Bertz CT molecular complexity index is 665. The lowest BCUT2D eigenvalue weighted by Gasteiger charge is -2.11. The zero-order chi connectivity index (χ0) is 13.3. The summed E-state index contributed by atoms with van der Waals surface area (Å²) in [5.41, 5.74) is 10.5. The SMILES string of the molecule is Cl.NCc1ccc(F)c(CNc2c(N)c(=O)c2=O)c1. The summed E-state index contributed by atoms with van der Waals surface area (Å²) in [4.78, 5) is 22.0. The van der Waals surface area contributed by atoms with Crippen molar-refractivity contribution in [1.29, 1.82) is 0 Å². The molecule has 5 N–H and O–H groups in total. The minimum atomic E-state index is -0.700. The maximum Gasteiger partial charge on any atom is 0.253 e. The maximum absolute atomic E-state index is 13.5. The molecule has 0 spiro atoms. The van der Waals surface area contributed by atoms with Crippen molar-refractivity contribution in [2.75, 3.05) is 11.1 Å². The fourth-order valence-electron chi connectivity index (χ4n) is 1.66. The van der Waals surface area contributed by atoms with Gasteiger partial charge in [0, 0.05) is 18.7 Å². The van der Waals surface area contributed by atoms with Crippen LogP contribution < -0.4 is 27.6 Å². The minimum absolute atomic E-state index is 0. The zero-order valence-corrected chi connectivity index (χ0v) is 10.7. The Kier molecular flexibility index (Phi) is 4.63. The van der Waals surface area contributed by atoms with Gasteiger partial charge < -0.3 is 16.8 Å². The van der Waals surface area contributed by atoms with E-state index in [0.29, 0.717) is 12.1 Å².